The summed E-state index contributed by atoms with van der Waals surface area (Å²) < 4.78 is 6.93. The fourth-order valence-corrected chi connectivity index (χ4v) is 3.94. The average molecular weight is 423 g/mol. The highest BCUT2D eigenvalue weighted by atomic mass is 32.1. The molecular formula is C22H22N4O3S. The number of rotatable bonds is 7. The first-order chi connectivity index (χ1) is 14.5. The minimum atomic E-state index is -0.820. The first-order valence-corrected chi connectivity index (χ1v) is 10.4. The Hall–Kier alpha value is -3.23. The quantitative estimate of drug-likeness (QED) is 0.477. The number of hydrogen-bond donors (Lipinski definition) is 2. The third kappa shape index (κ3) is 4.19. The zero-order valence-electron chi connectivity index (χ0n) is 16.7. The predicted octanol–water partition coefficient (Wildman–Crippen LogP) is 3.32. The molecule has 30 heavy (non-hydrogen) atoms. The average Bonchev–Trinajstić information content (AvgIpc) is 3.42. The number of aliphatic hydroxyl groups excluding tert-OH is 1. The molecule has 0 spiro atoms. The van der Waals surface area contributed by atoms with Crippen molar-refractivity contribution in [3.8, 4) is 5.75 Å². The lowest BCUT2D eigenvalue weighted by Gasteiger charge is -2.13. The van der Waals surface area contributed by atoms with Crippen LogP contribution in [0.5, 0.6) is 5.75 Å². The zero-order chi connectivity index (χ0) is 21.1. The molecule has 0 fully saturated rings. The molecule has 0 bridgehead atoms. The number of aryl methyl sites for hydroxylation is 1. The van der Waals surface area contributed by atoms with Gasteiger partial charge < -0.3 is 15.2 Å². The van der Waals surface area contributed by atoms with E-state index in [9.17, 15) is 9.90 Å². The Bertz CT molecular complexity index is 1150. The maximum Gasteiger partial charge on any atom is 0.252 e. The van der Waals surface area contributed by atoms with E-state index < -0.39 is 6.10 Å². The maximum atomic E-state index is 12.9. The van der Waals surface area contributed by atoms with Crippen LogP contribution in [0, 0.1) is 6.92 Å². The SMILES string of the molecule is COc1ccc(C(O)CNC(=O)c2cc(C)nc3c2cnn3Cc2cccs2)cc1. The van der Waals surface area contributed by atoms with E-state index in [1.807, 2.05) is 24.4 Å². The fourth-order valence-electron chi connectivity index (χ4n) is 3.26. The smallest absolute Gasteiger partial charge is 0.252 e. The number of nitrogens with zero attached hydrogens (tertiary/aromatic N) is 3. The summed E-state index contributed by atoms with van der Waals surface area (Å²) in [5.74, 6) is 0.443. The summed E-state index contributed by atoms with van der Waals surface area (Å²) in [6, 6.07) is 12.9. The number of benzene rings is 1. The summed E-state index contributed by atoms with van der Waals surface area (Å²) in [4.78, 5) is 18.6. The Morgan fingerprint density at radius 1 is 1.30 bits per heavy atom. The summed E-state index contributed by atoms with van der Waals surface area (Å²) in [6.07, 6.45) is 0.851. The first-order valence-electron chi connectivity index (χ1n) is 9.51. The third-order valence-corrected chi connectivity index (χ3v) is 5.69. The van der Waals surface area contributed by atoms with E-state index in [0.717, 1.165) is 10.6 Å². The van der Waals surface area contributed by atoms with Crippen molar-refractivity contribution in [1.82, 2.24) is 20.1 Å². The molecule has 1 aromatic carbocycles. The standard InChI is InChI=1S/C22H22N4O3S/c1-14-10-18(19-11-24-26(21(19)25-14)13-17-4-3-9-30-17)22(28)23-12-20(27)15-5-7-16(29-2)8-6-15/h3-11,20,27H,12-13H2,1-2H3,(H,23,28). The molecule has 154 valence electrons. The molecular weight excluding hydrogens is 400 g/mol. The predicted molar refractivity (Wildman–Crippen MR) is 116 cm³/mol. The summed E-state index contributed by atoms with van der Waals surface area (Å²) in [7, 11) is 1.59. The second-order valence-corrected chi connectivity index (χ2v) is 7.96. The van der Waals surface area contributed by atoms with Crippen molar-refractivity contribution in [2.75, 3.05) is 13.7 Å². The summed E-state index contributed by atoms with van der Waals surface area (Å²) in [5.41, 5.74) is 2.60. The van der Waals surface area contributed by atoms with Crippen LogP contribution in [-0.4, -0.2) is 39.4 Å². The molecule has 7 nitrogen and oxygen atoms in total. The number of amides is 1. The number of methoxy groups -OCH3 is 1. The summed E-state index contributed by atoms with van der Waals surface area (Å²) >= 11 is 1.65. The van der Waals surface area contributed by atoms with E-state index >= 15 is 0 Å². The normalized spacial score (nSPS) is 12.1. The molecule has 2 N–H and O–H groups in total. The molecule has 3 aromatic heterocycles. The van der Waals surface area contributed by atoms with Crippen molar-refractivity contribution < 1.29 is 14.6 Å². The van der Waals surface area contributed by atoms with Crippen LogP contribution >= 0.6 is 11.3 Å². The van der Waals surface area contributed by atoms with Crippen LogP contribution in [0.4, 0.5) is 0 Å². The van der Waals surface area contributed by atoms with Gasteiger partial charge in [0.25, 0.3) is 5.91 Å². The van der Waals surface area contributed by atoms with Gasteiger partial charge in [0.15, 0.2) is 5.65 Å². The van der Waals surface area contributed by atoms with E-state index in [4.69, 9.17) is 4.74 Å². The second kappa shape index (κ2) is 8.64. The topological polar surface area (TPSA) is 89.3 Å². The largest absolute Gasteiger partial charge is 0.497 e. The van der Waals surface area contributed by atoms with E-state index in [0.29, 0.717) is 34.5 Å². The number of pyridine rings is 1. The lowest BCUT2D eigenvalue weighted by Crippen LogP contribution is -2.28. The van der Waals surface area contributed by atoms with Crippen LogP contribution in [0.25, 0.3) is 11.0 Å². The molecule has 1 unspecified atom stereocenters. The van der Waals surface area contributed by atoms with E-state index in [2.05, 4.69) is 15.4 Å². The van der Waals surface area contributed by atoms with Crippen LogP contribution in [-0.2, 0) is 6.54 Å². The number of fused-ring (bicyclic) bond motifs is 1. The number of aliphatic hydroxyl groups is 1. The van der Waals surface area contributed by atoms with Gasteiger partial charge in [0.05, 0.1) is 36.9 Å². The van der Waals surface area contributed by atoms with Gasteiger partial charge in [-0.1, -0.05) is 18.2 Å². The molecule has 0 aliphatic heterocycles. The number of aromatic nitrogens is 3. The number of nitrogens with one attached hydrogen (secondary N) is 1. The van der Waals surface area contributed by atoms with Crippen LogP contribution in [0.1, 0.15) is 32.6 Å². The molecule has 3 heterocycles. The van der Waals surface area contributed by atoms with E-state index in [-0.39, 0.29) is 12.5 Å². The van der Waals surface area contributed by atoms with Crippen LogP contribution < -0.4 is 10.1 Å². The van der Waals surface area contributed by atoms with Gasteiger partial charge in [0.2, 0.25) is 0 Å². The van der Waals surface area contributed by atoms with Gasteiger partial charge in [0.1, 0.15) is 5.75 Å². The monoisotopic (exact) mass is 422 g/mol. The summed E-state index contributed by atoms with van der Waals surface area (Å²) in [6.45, 7) is 2.55. The lowest BCUT2D eigenvalue weighted by molar-refractivity contribution is 0.0917. The van der Waals surface area contributed by atoms with Gasteiger partial charge in [-0.05, 0) is 42.1 Å². The Morgan fingerprint density at radius 3 is 2.80 bits per heavy atom. The van der Waals surface area contributed by atoms with Crippen molar-refractivity contribution >= 4 is 28.3 Å². The van der Waals surface area contributed by atoms with Crippen molar-refractivity contribution in [3.63, 3.8) is 0 Å². The van der Waals surface area contributed by atoms with Gasteiger partial charge in [-0.15, -0.1) is 11.3 Å². The van der Waals surface area contributed by atoms with Gasteiger partial charge >= 0.3 is 0 Å². The summed E-state index contributed by atoms with van der Waals surface area (Å²) in [5, 5.41) is 20.4. The minimum Gasteiger partial charge on any atom is -0.497 e. The van der Waals surface area contributed by atoms with E-state index in [1.54, 1.807) is 59.7 Å². The molecule has 4 rings (SSSR count). The Kier molecular flexibility index (Phi) is 5.78. The molecule has 0 saturated heterocycles. The Morgan fingerprint density at radius 2 is 2.10 bits per heavy atom. The Labute approximate surface area is 178 Å². The number of thiophene rings is 1. The van der Waals surface area contributed by atoms with Crippen LogP contribution in [0.3, 0.4) is 0 Å². The van der Waals surface area contributed by atoms with Crippen molar-refractivity contribution in [3.05, 3.63) is 75.7 Å². The highest BCUT2D eigenvalue weighted by molar-refractivity contribution is 7.09. The van der Waals surface area contributed by atoms with Crippen LogP contribution in [0.2, 0.25) is 0 Å². The highest BCUT2D eigenvalue weighted by Gasteiger charge is 2.17. The first kappa shape index (κ1) is 20.1. The van der Waals surface area contributed by atoms with Gasteiger partial charge in [-0.2, -0.15) is 5.10 Å². The minimum absolute atomic E-state index is 0.0946. The molecule has 1 atom stereocenters. The maximum absolute atomic E-state index is 12.9. The van der Waals surface area contributed by atoms with Gasteiger partial charge in [-0.3, -0.25) is 4.79 Å². The molecule has 0 aliphatic carbocycles. The fraction of sp³-hybridized carbons (Fsp3) is 0.227. The molecule has 0 saturated carbocycles. The van der Waals surface area contributed by atoms with E-state index in [1.165, 1.54) is 0 Å². The van der Waals surface area contributed by atoms with Crippen molar-refractivity contribution in [2.24, 2.45) is 0 Å². The van der Waals surface area contributed by atoms with Gasteiger partial charge in [-0.25, -0.2) is 9.67 Å². The van der Waals surface area contributed by atoms with Crippen molar-refractivity contribution in [1.29, 1.82) is 0 Å². The van der Waals surface area contributed by atoms with Gasteiger partial charge in [0, 0.05) is 17.1 Å². The molecule has 4 aromatic rings. The highest BCUT2D eigenvalue weighted by Crippen LogP contribution is 2.21. The second-order valence-electron chi connectivity index (χ2n) is 6.93. The zero-order valence-corrected chi connectivity index (χ0v) is 17.5. The number of hydrogen-bond acceptors (Lipinski definition) is 6. The number of carbonyl (C=O) groups is 1. The lowest BCUT2D eigenvalue weighted by atomic mass is 10.1. The Balaban J connectivity index is 1.51. The number of carbonyl (C=O) groups excluding carboxylic acids is 1. The van der Waals surface area contributed by atoms with Crippen molar-refractivity contribution in [2.45, 2.75) is 19.6 Å². The third-order valence-electron chi connectivity index (χ3n) is 4.82. The molecule has 0 radical (unpaired) electrons. The number of ether oxygens (including phenoxy) is 1. The van der Waals surface area contributed by atoms with Crippen LogP contribution in [0.15, 0.2) is 54.0 Å². The molecule has 8 heteroatoms. The molecule has 1 amide bonds. The molecule has 0 aliphatic rings.